The van der Waals surface area contributed by atoms with Gasteiger partial charge in [-0.15, -0.1) is 0 Å². The van der Waals surface area contributed by atoms with Crippen molar-refractivity contribution < 1.29 is 23.1 Å². The number of aliphatic carboxylic acids is 1. The molecule has 1 rings (SSSR count). The Balaban J connectivity index is 2.13. The van der Waals surface area contributed by atoms with Crippen molar-refractivity contribution in [1.29, 1.82) is 0 Å². The van der Waals surface area contributed by atoms with Gasteiger partial charge < -0.3 is 15.7 Å². The van der Waals surface area contributed by atoms with Crippen molar-refractivity contribution in [3.05, 3.63) is 0 Å². The zero-order valence-corrected chi connectivity index (χ0v) is 10.8. The molecule has 8 nitrogen and oxygen atoms in total. The molecule has 1 aliphatic rings. The van der Waals surface area contributed by atoms with E-state index in [1.165, 1.54) is 0 Å². The van der Waals surface area contributed by atoms with Crippen molar-refractivity contribution in [3.63, 3.8) is 0 Å². The van der Waals surface area contributed by atoms with Crippen molar-refractivity contribution in [2.24, 2.45) is 0 Å². The minimum Gasteiger partial charge on any atom is -0.480 e. The normalized spacial score (nSPS) is 16.9. The fourth-order valence-electron chi connectivity index (χ4n) is 1.33. The maximum Gasteiger partial charge on any atom is 0.329 e. The fraction of sp³-hybridized carbons (Fsp3) is 0.778. The Bertz CT molecular complexity index is 429. The third-order valence-corrected chi connectivity index (χ3v) is 3.24. The van der Waals surface area contributed by atoms with Crippen LogP contribution in [0.1, 0.15) is 19.3 Å². The number of hydrogen-bond acceptors (Lipinski definition) is 4. The van der Waals surface area contributed by atoms with Gasteiger partial charge in [0.1, 0.15) is 5.54 Å². The Morgan fingerprint density at radius 2 is 1.89 bits per heavy atom. The Hall–Kier alpha value is -1.35. The van der Waals surface area contributed by atoms with Gasteiger partial charge in [0.25, 0.3) is 0 Å². The summed E-state index contributed by atoms with van der Waals surface area (Å²) < 4.78 is 23.7. The van der Waals surface area contributed by atoms with Crippen LogP contribution in [-0.2, 0) is 14.8 Å². The number of sulfonamides is 1. The van der Waals surface area contributed by atoms with Crippen LogP contribution in [0.15, 0.2) is 0 Å². The van der Waals surface area contributed by atoms with E-state index in [1.54, 1.807) is 0 Å². The number of urea groups is 1. The zero-order valence-electron chi connectivity index (χ0n) is 10.0. The van der Waals surface area contributed by atoms with Gasteiger partial charge >= 0.3 is 12.0 Å². The Morgan fingerprint density at radius 1 is 1.28 bits per heavy atom. The van der Waals surface area contributed by atoms with Crippen molar-refractivity contribution in [2.75, 3.05) is 19.3 Å². The lowest BCUT2D eigenvalue weighted by atomic mass is 10.3. The van der Waals surface area contributed by atoms with E-state index in [9.17, 15) is 18.0 Å². The molecule has 0 aromatic heterocycles. The highest BCUT2D eigenvalue weighted by Crippen LogP contribution is 2.35. The smallest absolute Gasteiger partial charge is 0.329 e. The Kier molecular flexibility index (Phi) is 4.52. The second-order valence-corrected chi connectivity index (χ2v) is 6.12. The number of amides is 2. The van der Waals surface area contributed by atoms with Crippen LogP contribution in [0.4, 0.5) is 4.79 Å². The zero-order chi connectivity index (χ0) is 13.8. The van der Waals surface area contributed by atoms with Crippen molar-refractivity contribution >= 4 is 22.0 Å². The molecule has 1 saturated carbocycles. The summed E-state index contributed by atoms with van der Waals surface area (Å²) in [6.07, 6.45) is 2.36. The lowest BCUT2D eigenvalue weighted by molar-refractivity contribution is -0.140. The highest BCUT2D eigenvalue weighted by Gasteiger charge is 2.51. The molecule has 9 heteroatoms. The van der Waals surface area contributed by atoms with Gasteiger partial charge in [-0.25, -0.2) is 22.7 Å². The molecule has 0 spiro atoms. The molecule has 0 heterocycles. The molecule has 1 aliphatic carbocycles. The second-order valence-electron chi connectivity index (χ2n) is 4.29. The molecule has 0 aliphatic heterocycles. The van der Waals surface area contributed by atoms with Crippen LogP contribution in [0.5, 0.6) is 0 Å². The molecule has 4 N–H and O–H groups in total. The summed E-state index contributed by atoms with van der Waals surface area (Å²) in [7, 11) is -3.21. The van der Waals surface area contributed by atoms with Crippen LogP contribution < -0.4 is 15.4 Å². The van der Waals surface area contributed by atoms with Gasteiger partial charge in [-0.3, -0.25) is 0 Å². The quantitative estimate of drug-likeness (QED) is 0.438. The van der Waals surface area contributed by atoms with Crippen molar-refractivity contribution in [1.82, 2.24) is 15.4 Å². The van der Waals surface area contributed by atoms with Crippen molar-refractivity contribution in [2.45, 2.75) is 24.8 Å². The monoisotopic (exact) mass is 279 g/mol. The fourth-order valence-corrected chi connectivity index (χ4v) is 1.84. The van der Waals surface area contributed by atoms with Crippen LogP contribution in [-0.4, -0.2) is 50.4 Å². The minimum absolute atomic E-state index is 0.225. The van der Waals surface area contributed by atoms with Crippen LogP contribution in [0, 0.1) is 0 Å². The molecular formula is C9H17N3O5S. The van der Waals surface area contributed by atoms with Gasteiger partial charge in [-0.2, -0.15) is 0 Å². The molecule has 0 unspecified atom stereocenters. The average Bonchev–Trinajstić information content (AvgIpc) is 2.96. The van der Waals surface area contributed by atoms with Crippen LogP contribution in [0.25, 0.3) is 0 Å². The predicted octanol–water partition coefficient (Wildman–Crippen LogP) is -1.16. The first-order valence-corrected chi connectivity index (χ1v) is 7.38. The third-order valence-electron chi connectivity index (χ3n) is 2.52. The summed E-state index contributed by atoms with van der Waals surface area (Å²) >= 11 is 0. The van der Waals surface area contributed by atoms with Gasteiger partial charge in [0.05, 0.1) is 6.26 Å². The number of carboxylic acids is 1. The third kappa shape index (κ3) is 4.88. The molecule has 104 valence electrons. The summed E-state index contributed by atoms with van der Waals surface area (Å²) in [6.45, 7) is 0.493. The van der Waals surface area contributed by atoms with Gasteiger partial charge in [-0.1, -0.05) is 0 Å². The summed E-state index contributed by atoms with van der Waals surface area (Å²) in [4.78, 5) is 22.1. The first kappa shape index (κ1) is 14.7. The van der Waals surface area contributed by atoms with Gasteiger partial charge in [-0.05, 0) is 19.3 Å². The largest absolute Gasteiger partial charge is 0.480 e. The lowest BCUT2D eigenvalue weighted by Gasteiger charge is -2.13. The number of nitrogens with one attached hydrogen (secondary N) is 3. The van der Waals surface area contributed by atoms with Gasteiger partial charge in [0.2, 0.25) is 10.0 Å². The maximum atomic E-state index is 11.3. The number of hydrogen-bond donors (Lipinski definition) is 4. The minimum atomic E-state index is -3.21. The number of carbonyl (C=O) groups is 2. The van der Waals surface area contributed by atoms with E-state index in [2.05, 4.69) is 15.4 Å². The first-order chi connectivity index (χ1) is 8.25. The standard InChI is InChI=1S/C9H17N3O5S/c1-18(16,17)11-6-2-5-10-8(15)12-9(3-4-9)7(13)14/h11H,2-6H2,1H3,(H,13,14)(H2,10,12,15). The van der Waals surface area contributed by atoms with E-state index >= 15 is 0 Å². The number of rotatable bonds is 7. The molecule has 18 heavy (non-hydrogen) atoms. The van der Waals surface area contributed by atoms with E-state index in [-0.39, 0.29) is 13.1 Å². The number of carboxylic acid groups (broad SMARTS) is 1. The molecule has 0 aromatic carbocycles. The van der Waals surface area contributed by atoms with Crippen LogP contribution >= 0.6 is 0 Å². The second kappa shape index (κ2) is 5.53. The Morgan fingerprint density at radius 3 is 2.33 bits per heavy atom. The molecule has 0 atom stereocenters. The summed E-state index contributed by atoms with van der Waals surface area (Å²) in [5.74, 6) is -1.03. The Labute approximate surface area is 105 Å². The molecule has 0 aromatic rings. The van der Waals surface area contributed by atoms with Crippen molar-refractivity contribution in [3.8, 4) is 0 Å². The topological polar surface area (TPSA) is 125 Å². The van der Waals surface area contributed by atoms with E-state index in [0.717, 1.165) is 6.26 Å². The SMILES string of the molecule is CS(=O)(=O)NCCCNC(=O)NC1(C(=O)O)CC1. The van der Waals surface area contributed by atoms with Gasteiger partial charge in [0, 0.05) is 13.1 Å². The molecule has 2 amide bonds. The highest BCUT2D eigenvalue weighted by molar-refractivity contribution is 7.88. The number of carbonyl (C=O) groups excluding carboxylic acids is 1. The summed E-state index contributed by atoms with van der Waals surface area (Å²) in [5, 5.41) is 13.7. The molecule has 1 fully saturated rings. The molecule has 0 bridgehead atoms. The molecule has 0 radical (unpaired) electrons. The van der Waals surface area contributed by atoms with Gasteiger partial charge in [0.15, 0.2) is 0 Å². The summed E-state index contributed by atoms with van der Waals surface area (Å²) in [5.41, 5.74) is -1.10. The summed E-state index contributed by atoms with van der Waals surface area (Å²) in [6, 6.07) is -0.547. The first-order valence-electron chi connectivity index (χ1n) is 5.49. The lowest BCUT2D eigenvalue weighted by Crippen LogP contribution is -2.48. The predicted molar refractivity (Wildman–Crippen MR) is 63.6 cm³/mol. The molecular weight excluding hydrogens is 262 g/mol. The van der Waals surface area contributed by atoms with E-state index in [1.807, 2.05) is 0 Å². The van der Waals surface area contributed by atoms with E-state index in [0.29, 0.717) is 19.3 Å². The maximum absolute atomic E-state index is 11.3. The van der Waals surface area contributed by atoms with E-state index < -0.39 is 27.6 Å². The van der Waals surface area contributed by atoms with Crippen LogP contribution in [0.2, 0.25) is 0 Å². The van der Waals surface area contributed by atoms with E-state index in [4.69, 9.17) is 5.11 Å². The molecule has 0 saturated heterocycles. The highest BCUT2D eigenvalue weighted by atomic mass is 32.2. The van der Waals surface area contributed by atoms with Crippen LogP contribution in [0.3, 0.4) is 0 Å². The average molecular weight is 279 g/mol.